The molecule has 0 spiro atoms. The number of likely N-dealkylation sites (tertiary alicyclic amines) is 1. The van der Waals surface area contributed by atoms with Crippen LogP contribution in [0.5, 0.6) is 0 Å². The number of hydrogen-bond donors (Lipinski definition) is 2. The van der Waals surface area contributed by atoms with Gasteiger partial charge in [0.05, 0.1) is 6.10 Å². The molecule has 1 aliphatic heterocycles. The highest BCUT2D eigenvalue weighted by Crippen LogP contribution is 2.10. The van der Waals surface area contributed by atoms with Crippen molar-refractivity contribution in [3.8, 4) is 0 Å². The van der Waals surface area contributed by atoms with Gasteiger partial charge in [-0.05, 0) is 37.1 Å². The summed E-state index contributed by atoms with van der Waals surface area (Å²) in [4.78, 5) is 25.0. The molecule has 112 valence electrons. The molecule has 0 aliphatic carbocycles. The van der Waals surface area contributed by atoms with Gasteiger partial charge < -0.3 is 15.3 Å². The number of carbonyl (C=O) groups is 2. The molecule has 1 saturated heterocycles. The molecule has 2 amide bonds. The Kier molecular flexibility index (Phi) is 5.05. The first-order valence-corrected chi connectivity index (χ1v) is 6.76. The highest BCUT2D eigenvalue weighted by atomic mass is 19.1. The first-order chi connectivity index (χ1) is 10.0. The fourth-order valence-electron chi connectivity index (χ4n) is 2.12. The molecule has 1 unspecified atom stereocenters. The Morgan fingerprint density at radius 2 is 2.00 bits per heavy atom. The lowest BCUT2D eigenvalue weighted by atomic mass is 10.1. The van der Waals surface area contributed by atoms with Crippen molar-refractivity contribution in [3.63, 3.8) is 0 Å². The van der Waals surface area contributed by atoms with Crippen LogP contribution in [0.3, 0.4) is 0 Å². The maximum absolute atomic E-state index is 12.7. The zero-order valence-electron chi connectivity index (χ0n) is 11.5. The molecule has 2 N–H and O–H groups in total. The number of amides is 2. The minimum absolute atomic E-state index is 0.294. The zero-order valence-corrected chi connectivity index (χ0v) is 11.5. The molecular formula is C15H17FN2O3. The number of anilines is 1. The van der Waals surface area contributed by atoms with Gasteiger partial charge in [-0.1, -0.05) is 0 Å². The summed E-state index contributed by atoms with van der Waals surface area (Å²) >= 11 is 0. The molecule has 0 saturated carbocycles. The van der Waals surface area contributed by atoms with Crippen LogP contribution in [0.2, 0.25) is 0 Å². The van der Waals surface area contributed by atoms with Crippen LogP contribution in [-0.4, -0.2) is 41.0 Å². The average molecular weight is 292 g/mol. The normalized spacial score (nSPS) is 18.8. The van der Waals surface area contributed by atoms with Crippen molar-refractivity contribution in [1.82, 2.24) is 4.90 Å². The Labute approximate surface area is 122 Å². The van der Waals surface area contributed by atoms with Crippen molar-refractivity contribution in [2.45, 2.75) is 18.9 Å². The highest BCUT2D eigenvalue weighted by Gasteiger charge is 2.20. The van der Waals surface area contributed by atoms with Crippen molar-refractivity contribution in [3.05, 3.63) is 42.2 Å². The predicted octanol–water partition coefficient (Wildman–Crippen LogP) is 1.30. The third-order valence-electron chi connectivity index (χ3n) is 3.20. The van der Waals surface area contributed by atoms with E-state index < -0.39 is 12.0 Å². The van der Waals surface area contributed by atoms with Gasteiger partial charge in [-0.15, -0.1) is 0 Å². The van der Waals surface area contributed by atoms with Crippen LogP contribution < -0.4 is 5.32 Å². The molecule has 1 aliphatic rings. The van der Waals surface area contributed by atoms with E-state index in [0.29, 0.717) is 25.2 Å². The first kappa shape index (κ1) is 15.2. The number of aliphatic hydroxyl groups is 1. The second-order valence-corrected chi connectivity index (χ2v) is 4.91. The van der Waals surface area contributed by atoms with E-state index in [0.717, 1.165) is 12.5 Å². The summed E-state index contributed by atoms with van der Waals surface area (Å²) in [6, 6.07) is 5.34. The van der Waals surface area contributed by atoms with E-state index in [2.05, 4.69) is 5.32 Å². The summed E-state index contributed by atoms with van der Waals surface area (Å²) in [5.74, 6) is -1.15. The van der Waals surface area contributed by atoms with Crippen molar-refractivity contribution in [2.75, 3.05) is 18.4 Å². The topological polar surface area (TPSA) is 69.6 Å². The van der Waals surface area contributed by atoms with Crippen molar-refractivity contribution in [2.24, 2.45) is 0 Å². The Morgan fingerprint density at radius 1 is 1.29 bits per heavy atom. The minimum Gasteiger partial charge on any atom is -0.391 e. The number of benzene rings is 1. The number of carbonyl (C=O) groups excluding carboxylic acids is 2. The second-order valence-electron chi connectivity index (χ2n) is 4.91. The third kappa shape index (κ3) is 4.68. The van der Waals surface area contributed by atoms with E-state index in [1.807, 2.05) is 0 Å². The molecule has 1 aromatic rings. The molecule has 1 fully saturated rings. The van der Waals surface area contributed by atoms with Crippen LogP contribution in [0.15, 0.2) is 36.4 Å². The van der Waals surface area contributed by atoms with E-state index in [1.54, 1.807) is 0 Å². The lowest BCUT2D eigenvalue weighted by Gasteiger charge is -2.29. The minimum atomic E-state index is -0.496. The van der Waals surface area contributed by atoms with Crippen molar-refractivity contribution < 1.29 is 19.1 Å². The molecule has 0 radical (unpaired) electrons. The van der Waals surface area contributed by atoms with Crippen molar-refractivity contribution >= 4 is 17.5 Å². The standard InChI is InChI=1S/C15H17FN2O3/c16-11-3-5-12(6-4-11)17-14(20)7-8-15(21)18-9-1-2-13(19)10-18/h3-8,13,19H,1-2,9-10H2,(H,17,20)/b8-7+. The second kappa shape index (κ2) is 6.99. The van der Waals surface area contributed by atoms with Gasteiger partial charge in [-0.25, -0.2) is 4.39 Å². The van der Waals surface area contributed by atoms with Gasteiger partial charge >= 0.3 is 0 Å². The van der Waals surface area contributed by atoms with Gasteiger partial charge in [0.2, 0.25) is 11.8 Å². The molecule has 21 heavy (non-hydrogen) atoms. The van der Waals surface area contributed by atoms with Crippen LogP contribution in [0.4, 0.5) is 10.1 Å². The predicted molar refractivity (Wildman–Crippen MR) is 76.0 cm³/mol. The molecule has 1 aromatic carbocycles. The largest absolute Gasteiger partial charge is 0.391 e. The van der Waals surface area contributed by atoms with Gasteiger partial charge in [0.1, 0.15) is 5.82 Å². The molecule has 1 heterocycles. The lowest BCUT2D eigenvalue weighted by Crippen LogP contribution is -2.41. The maximum Gasteiger partial charge on any atom is 0.248 e. The average Bonchev–Trinajstić information content (AvgIpc) is 2.47. The van der Waals surface area contributed by atoms with Gasteiger partial charge in [0, 0.05) is 30.9 Å². The van der Waals surface area contributed by atoms with E-state index in [1.165, 1.54) is 35.2 Å². The summed E-state index contributed by atoms with van der Waals surface area (Å²) in [6.45, 7) is 0.878. The first-order valence-electron chi connectivity index (χ1n) is 6.76. The summed E-state index contributed by atoms with van der Waals surface area (Å²) in [5, 5.41) is 12.0. The Bertz CT molecular complexity index is 542. The SMILES string of the molecule is O=C(/C=C/C(=O)N1CCCC(O)C1)Nc1ccc(F)cc1. The maximum atomic E-state index is 12.7. The number of nitrogens with one attached hydrogen (secondary N) is 1. The summed E-state index contributed by atoms with van der Waals surface area (Å²) in [5.41, 5.74) is 0.451. The smallest absolute Gasteiger partial charge is 0.248 e. The monoisotopic (exact) mass is 292 g/mol. The van der Waals surface area contributed by atoms with E-state index in [9.17, 15) is 19.1 Å². The third-order valence-corrected chi connectivity index (χ3v) is 3.20. The van der Waals surface area contributed by atoms with Gasteiger partial charge in [0.25, 0.3) is 0 Å². The summed E-state index contributed by atoms with van der Waals surface area (Å²) < 4.78 is 12.7. The Hall–Kier alpha value is -2.21. The quantitative estimate of drug-likeness (QED) is 0.825. The molecular weight excluding hydrogens is 275 g/mol. The number of halogens is 1. The number of hydrogen-bond acceptors (Lipinski definition) is 3. The molecule has 0 bridgehead atoms. The molecule has 5 nitrogen and oxygen atoms in total. The molecule has 1 atom stereocenters. The number of β-amino-alcohol motifs (C(OH)–C–C–N with tert-alkyl or cyclic N) is 1. The number of piperidine rings is 1. The van der Waals surface area contributed by atoms with Crippen LogP contribution in [0, 0.1) is 5.82 Å². The fraction of sp³-hybridized carbons (Fsp3) is 0.333. The lowest BCUT2D eigenvalue weighted by molar-refractivity contribution is -0.129. The van der Waals surface area contributed by atoms with Crippen LogP contribution >= 0.6 is 0 Å². The number of nitrogens with zero attached hydrogens (tertiary/aromatic N) is 1. The fourth-order valence-corrected chi connectivity index (χ4v) is 2.12. The number of aliphatic hydroxyl groups excluding tert-OH is 1. The van der Waals surface area contributed by atoms with Crippen molar-refractivity contribution in [1.29, 1.82) is 0 Å². The van der Waals surface area contributed by atoms with Gasteiger partial charge in [-0.2, -0.15) is 0 Å². The molecule has 6 heteroatoms. The molecule has 2 rings (SSSR count). The zero-order chi connectivity index (χ0) is 15.2. The summed E-state index contributed by atoms with van der Waals surface area (Å²) in [7, 11) is 0. The number of rotatable bonds is 3. The summed E-state index contributed by atoms with van der Waals surface area (Å²) in [6.07, 6.45) is 3.26. The Balaban J connectivity index is 1.86. The van der Waals surface area contributed by atoms with Crippen LogP contribution in [0.1, 0.15) is 12.8 Å². The van der Waals surface area contributed by atoms with Gasteiger partial charge in [-0.3, -0.25) is 9.59 Å². The highest BCUT2D eigenvalue weighted by molar-refractivity contribution is 6.03. The molecule has 0 aromatic heterocycles. The van der Waals surface area contributed by atoms with E-state index in [-0.39, 0.29) is 11.7 Å². The van der Waals surface area contributed by atoms with Crippen LogP contribution in [-0.2, 0) is 9.59 Å². The van der Waals surface area contributed by atoms with E-state index in [4.69, 9.17) is 0 Å². The van der Waals surface area contributed by atoms with E-state index >= 15 is 0 Å². The Morgan fingerprint density at radius 3 is 2.67 bits per heavy atom. The van der Waals surface area contributed by atoms with Gasteiger partial charge in [0.15, 0.2) is 0 Å². The van der Waals surface area contributed by atoms with Crippen LogP contribution in [0.25, 0.3) is 0 Å².